The molecule has 1 aliphatic rings. The number of halogens is 3. The molecule has 1 unspecified atom stereocenters. The lowest BCUT2D eigenvalue weighted by atomic mass is 9.97. The first-order valence-corrected chi connectivity index (χ1v) is 13.7. The van der Waals surface area contributed by atoms with Crippen molar-refractivity contribution >= 4 is 21.7 Å². The molecule has 1 amide bonds. The lowest BCUT2D eigenvalue weighted by molar-refractivity contribution is -0.137. The number of hydrogen-bond donors (Lipinski definition) is 2. The quantitative estimate of drug-likeness (QED) is 0.441. The Morgan fingerprint density at radius 1 is 1.11 bits per heavy atom. The number of rotatable bonds is 8. The zero-order valence-electron chi connectivity index (χ0n) is 20.5. The smallest absolute Gasteiger partial charge is 0.394 e. The molecule has 4 rings (SSSR count). The normalized spacial score (nSPS) is 16.9. The van der Waals surface area contributed by atoms with Crippen LogP contribution in [0.15, 0.2) is 65.8 Å². The van der Waals surface area contributed by atoms with E-state index >= 15 is 0 Å². The number of aliphatic hydroxyl groups is 1. The Kier molecular flexibility index (Phi) is 8.02. The summed E-state index contributed by atoms with van der Waals surface area (Å²) in [5.41, 5.74) is 0.848. The molecule has 2 atom stereocenters. The average molecular weight is 549 g/mol. The van der Waals surface area contributed by atoms with E-state index in [1.165, 1.54) is 36.7 Å². The van der Waals surface area contributed by atoms with E-state index in [-0.39, 0.29) is 22.1 Å². The molecule has 0 bridgehead atoms. The molecule has 2 heterocycles. The highest BCUT2D eigenvalue weighted by atomic mass is 32.2. The van der Waals surface area contributed by atoms with Gasteiger partial charge in [0.1, 0.15) is 0 Å². The van der Waals surface area contributed by atoms with Gasteiger partial charge in [-0.25, -0.2) is 18.4 Å². The van der Waals surface area contributed by atoms with Crippen molar-refractivity contribution in [3.63, 3.8) is 0 Å². The lowest BCUT2D eigenvalue weighted by Gasteiger charge is -2.18. The Balaban J connectivity index is 1.38. The largest absolute Gasteiger partial charge is 0.416 e. The highest BCUT2D eigenvalue weighted by Gasteiger charge is 2.31. The van der Waals surface area contributed by atoms with Crippen LogP contribution < -0.4 is 10.2 Å². The number of carbonyl (C=O) groups excluding carboxylic acids is 1. The summed E-state index contributed by atoms with van der Waals surface area (Å²) in [6.45, 7) is 2.30. The maximum Gasteiger partial charge on any atom is 0.416 e. The van der Waals surface area contributed by atoms with Crippen LogP contribution in [0.3, 0.4) is 0 Å². The number of nitrogens with one attached hydrogen (secondary N) is 1. The fourth-order valence-corrected chi connectivity index (χ4v) is 5.19. The summed E-state index contributed by atoms with van der Waals surface area (Å²) in [4.78, 5) is 23.4. The number of nitrogens with zero attached hydrogens (tertiary/aromatic N) is 3. The molecule has 0 radical (unpaired) electrons. The Morgan fingerprint density at radius 3 is 2.29 bits per heavy atom. The Bertz CT molecular complexity index is 1360. The Hall–Kier alpha value is -3.51. The summed E-state index contributed by atoms with van der Waals surface area (Å²) in [6.07, 6.45) is -0.905. The van der Waals surface area contributed by atoms with Crippen molar-refractivity contribution in [2.24, 2.45) is 0 Å². The summed E-state index contributed by atoms with van der Waals surface area (Å²) in [5, 5.41) is 12.5. The van der Waals surface area contributed by atoms with Crippen molar-refractivity contribution in [2.45, 2.75) is 36.4 Å². The first-order valence-electron chi connectivity index (χ1n) is 12.0. The van der Waals surface area contributed by atoms with Gasteiger partial charge in [0.25, 0.3) is 5.91 Å². The molecule has 202 valence electrons. The van der Waals surface area contributed by atoms with E-state index in [2.05, 4.69) is 15.3 Å². The molecule has 3 aromatic rings. The molecule has 0 aliphatic carbocycles. The second-order valence-electron chi connectivity index (χ2n) is 9.00. The fraction of sp³-hybridized carbons (Fsp3) is 0.346. The van der Waals surface area contributed by atoms with E-state index in [0.29, 0.717) is 24.6 Å². The molecule has 2 aromatic carbocycles. The molecule has 1 aliphatic heterocycles. The van der Waals surface area contributed by atoms with Crippen LogP contribution in [0.5, 0.6) is 0 Å². The van der Waals surface area contributed by atoms with E-state index in [4.69, 9.17) is 0 Å². The van der Waals surface area contributed by atoms with Crippen molar-refractivity contribution in [1.29, 1.82) is 0 Å². The number of anilines is 1. The van der Waals surface area contributed by atoms with Crippen molar-refractivity contribution in [3.05, 3.63) is 83.2 Å². The summed E-state index contributed by atoms with van der Waals surface area (Å²) in [6, 6.07) is 10.4. The average Bonchev–Trinajstić information content (AvgIpc) is 3.42. The van der Waals surface area contributed by atoms with Crippen molar-refractivity contribution in [1.82, 2.24) is 15.3 Å². The number of amides is 1. The van der Waals surface area contributed by atoms with Crippen molar-refractivity contribution in [3.8, 4) is 0 Å². The molecular weight excluding hydrogens is 521 g/mol. The Morgan fingerprint density at radius 2 is 1.74 bits per heavy atom. The van der Waals surface area contributed by atoms with Crippen LogP contribution in [-0.4, -0.2) is 54.8 Å². The van der Waals surface area contributed by atoms with Gasteiger partial charge < -0.3 is 15.3 Å². The van der Waals surface area contributed by atoms with Crippen molar-refractivity contribution < 1.29 is 31.5 Å². The van der Waals surface area contributed by atoms with Crippen LogP contribution in [-0.2, 0) is 16.0 Å². The second kappa shape index (κ2) is 11.1. The first-order chi connectivity index (χ1) is 18.0. The molecule has 0 spiro atoms. The van der Waals surface area contributed by atoms with E-state index in [9.17, 15) is 31.5 Å². The highest BCUT2D eigenvalue weighted by molar-refractivity contribution is 7.91. The monoisotopic (exact) mass is 548 g/mol. The van der Waals surface area contributed by atoms with Gasteiger partial charge in [-0.1, -0.05) is 31.2 Å². The van der Waals surface area contributed by atoms with E-state index in [0.717, 1.165) is 24.1 Å². The van der Waals surface area contributed by atoms with Gasteiger partial charge in [0.15, 0.2) is 9.84 Å². The second-order valence-corrected chi connectivity index (χ2v) is 11.3. The lowest BCUT2D eigenvalue weighted by Crippen LogP contribution is -2.31. The number of benzene rings is 2. The predicted molar refractivity (Wildman–Crippen MR) is 135 cm³/mol. The fourth-order valence-electron chi connectivity index (χ4n) is 4.31. The summed E-state index contributed by atoms with van der Waals surface area (Å²) in [7, 11) is -3.36. The topological polar surface area (TPSA) is 112 Å². The van der Waals surface area contributed by atoms with Gasteiger partial charge >= 0.3 is 6.18 Å². The number of hydrogen-bond acceptors (Lipinski definition) is 7. The van der Waals surface area contributed by atoms with E-state index in [1.54, 1.807) is 19.1 Å². The summed E-state index contributed by atoms with van der Waals surface area (Å²) < 4.78 is 62.5. The van der Waals surface area contributed by atoms with Crippen LogP contribution >= 0.6 is 0 Å². The van der Waals surface area contributed by atoms with Gasteiger partial charge in [-0.2, -0.15) is 13.2 Å². The van der Waals surface area contributed by atoms with Crippen LogP contribution in [0.1, 0.15) is 52.4 Å². The minimum Gasteiger partial charge on any atom is -0.394 e. The maximum atomic E-state index is 12.8. The number of aliphatic hydroxyl groups excluding tert-OH is 1. The van der Waals surface area contributed by atoms with Gasteiger partial charge in [-0.05, 0) is 41.8 Å². The SMILES string of the molecule is CCS(=O)(=O)c1ccc([C@H](CO)NC(=O)c2cnc(N3CCC(c4ccc(C(F)(F)F)cc4)C3)nc2)cc1. The van der Waals surface area contributed by atoms with Crippen LogP contribution in [0, 0.1) is 0 Å². The maximum absolute atomic E-state index is 12.8. The summed E-state index contributed by atoms with van der Waals surface area (Å²) in [5.74, 6) is -0.101. The van der Waals surface area contributed by atoms with Crippen LogP contribution in [0.4, 0.5) is 19.1 Å². The van der Waals surface area contributed by atoms with Gasteiger partial charge in [0.05, 0.1) is 34.4 Å². The first kappa shape index (κ1) is 27.5. The number of alkyl halides is 3. The minimum absolute atomic E-state index is 0.0321. The highest BCUT2D eigenvalue weighted by Crippen LogP contribution is 2.33. The molecule has 12 heteroatoms. The molecule has 8 nitrogen and oxygen atoms in total. The molecule has 38 heavy (non-hydrogen) atoms. The van der Waals surface area contributed by atoms with Crippen LogP contribution in [0.2, 0.25) is 0 Å². The van der Waals surface area contributed by atoms with E-state index in [1.807, 2.05) is 4.90 Å². The van der Waals surface area contributed by atoms with Gasteiger partial charge in [0, 0.05) is 31.4 Å². The standard InChI is InChI=1S/C26H27F3N4O4S/c1-2-38(36,37)22-9-5-18(6-10-22)23(16-34)32-24(35)20-13-30-25(31-14-20)33-12-11-19(15-33)17-3-7-21(8-4-17)26(27,28)29/h3-10,13-14,19,23,34H,2,11-12,15-16H2,1H3,(H,32,35)/t19?,23-/m0/s1. The molecule has 1 aromatic heterocycles. The van der Waals surface area contributed by atoms with Gasteiger partial charge in [-0.15, -0.1) is 0 Å². The molecular formula is C26H27F3N4O4S. The van der Waals surface area contributed by atoms with Gasteiger partial charge in [0.2, 0.25) is 5.95 Å². The predicted octanol–water partition coefficient (Wildman–Crippen LogP) is 3.75. The zero-order chi connectivity index (χ0) is 27.5. The number of carbonyl (C=O) groups is 1. The third-order valence-electron chi connectivity index (χ3n) is 6.59. The Labute approximate surface area is 218 Å². The minimum atomic E-state index is -4.37. The summed E-state index contributed by atoms with van der Waals surface area (Å²) >= 11 is 0. The van der Waals surface area contributed by atoms with Gasteiger partial charge in [-0.3, -0.25) is 4.79 Å². The zero-order valence-corrected chi connectivity index (χ0v) is 21.3. The third kappa shape index (κ3) is 6.13. The molecule has 1 saturated heterocycles. The number of aromatic nitrogens is 2. The number of sulfone groups is 1. The van der Waals surface area contributed by atoms with Crippen molar-refractivity contribution in [2.75, 3.05) is 30.3 Å². The molecule has 2 N–H and O–H groups in total. The molecule has 0 saturated carbocycles. The third-order valence-corrected chi connectivity index (χ3v) is 8.34. The van der Waals surface area contributed by atoms with E-state index < -0.39 is 40.1 Å². The van der Waals surface area contributed by atoms with Crippen LogP contribution in [0.25, 0.3) is 0 Å². The molecule has 1 fully saturated rings.